The minimum atomic E-state index is -0.282. The Labute approximate surface area is 318 Å². The summed E-state index contributed by atoms with van der Waals surface area (Å²) in [6, 6.07) is 53.9. The SMILES string of the molecule is CC(C)(C)c1cccc2oc3cc4c(cc3c12)-c1cccc(N(c2ccc(-c3ccccc3)cc2)c2ccc3c(c2)C(C)(C)c2ccccc2-3)c1C4(C)C. The predicted molar refractivity (Wildman–Crippen MR) is 228 cm³/mol. The molecule has 264 valence electrons. The zero-order chi connectivity index (χ0) is 37.1. The van der Waals surface area contributed by atoms with Crippen LogP contribution in [0.3, 0.4) is 0 Å². The van der Waals surface area contributed by atoms with Crippen molar-refractivity contribution >= 4 is 39.0 Å². The minimum Gasteiger partial charge on any atom is -0.456 e. The van der Waals surface area contributed by atoms with Crippen LogP contribution in [0.5, 0.6) is 0 Å². The first kappa shape index (κ1) is 32.8. The third-order valence-corrected chi connectivity index (χ3v) is 12.4. The van der Waals surface area contributed by atoms with Crippen molar-refractivity contribution in [2.24, 2.45) is 0 Å². The summed E-state index contributed by atoms with van der Waals surface area (Å²) in [6.07, 6.45) is 0. The van der Waals surface area contributed by atoms with Crippen molar-refractivity contribution in [2.75, 3.05) is 4.90 Å². The molecule has 0 saturated carbocycles. The fourth-order valence-corrected chi connectivity index (χ4v) is 9.67. The summed E-state index contributed by atoms with van der Waals surface area (Å²) in [4.78, 5) is 2.50. The molecule has 0 bridgehead atoms. The number of anilines is 3. The molecule has 2 heteroatoms. The summed E-state index contributed by atoms with van der Waals surface area (Å²) in [6.45, 7) is 16.4. The molecule has 54 heavy (non-hydrogen) atoms. The second kappa shape index (κ2) is 11.3. The van der Waals surface area contributed by atoms with Crippen LogP contribution in [-0.2, 0) is 16.2 Å². The molecule has 2 nitrogen and oxygen atoms in total. The number of hydrogen-bond donors (Lipinski definition) is 0. The van der Waals surface area contributed by atoms with Crippen LogP contribution >= 0.6 is 0 Å². The molecule has 1 heterocycles. The predicted octanol–water partition coefficient (Wildman–Crippen LogP) is 14.6. The van der Waals surface area contributed by atoms with Gasteiger partial charge in [-0.3, -0.25) is 0 Å². The van der Waals surface area contributed by atoms with Gasteiger partial charge < -0.3 is 9.32 Å². The molecule has 0 atom stereocenters. The molecule has 0 saturated heterocycles. The van der Waals surface area contributed by atoms with E-state index in [0.29, 0.717) is 0 Å². The van der Waals surface area contributed by atoms with Crippen molar-refractivity contribution in [3.05, 3.63) is 173 Å². The number of hydrogen-bond acceptors (Lipinski definition) is 2. The fraction of sp³-hybridized carbons (Fsp3) is 0.192. The van der Waals surface area contributed by atoms with Gasteiger partial charge in [-0.25, -0.2) is 0 Å². The van der Waals surface area contributed by atoms with Crippen molar-refractivity contribution in [2.45, 2.75) is 64.7 Å². The molecule has 0 unspecified atom stereocenters. The van der Waals surface area contributed by atoms with Gasteiger partial charge in [0.25, 0.3) is 0 Å². The van der Waals surface area contributed by atoms with Gasteiger partial charge in [0.05, 0.1) is 5.69 Å². The Balaban J connectivity index is 1.19. The summed E-state index contributed by atoms with van der Waals surface area (Å²) in [5, 5.41) is 2.42. The van der Waals surface area contributed by atoms with Gasteiger partial charge in [-0.05, 0) is 115 Å². The van der Waals surface area contributed by atoms with Gasteiger partial charge in [0, 0.05) is 33.0 Å². The number of nitrogens with zero attached hydrogens (tertiary/aromatic N) is 1. The quantitative estimate of drug-likeness (QED) is 0.182. The first-order chi connectivity index (χ1) is 25.9. The van der Waals surface area contributed by atoms with Crippen LogP contribution in [0.4, 0.5) is 17.1 Å². The molecule has 10 rings (SSSR count). The Kier molecular flexibility index (Phi) is 6.87. The monoisotopic (exact) mass is 699 g/mol. The second-order valence-corrected chi connectivity index (χ2v) is 17.4. The number of rotatable bonds is 4. The summed E-state index contributed by atoms with van der Waals surface area (Å²) in [5.41, 5.74) is 19.4. The van der Waals surface area contributed by atoms with Gasteiger partial charge in [0.2, 0.25) is 0 Å². The standard InChI is InChI=1S/C52H45NO/c1-50(2,3)42-20-14-22-46-48(42)40-30-39-38-18-13-21-45(49(38)52(6,7)44(39)31-47(40)54-46)53(34-25-23-33(24-26-34)32-15-9-8-10-16-32)35-27-28-37-36-17-11-12-19-41(36)51(4,5)43(37)29-35/h8-31H,1-7H3. The molecule has 0 amide bonds. The molecule has 7 aromatic carbocycles. The molecule has 2 aliphatic rings. The van der Waals surface area contributed by atoms with Crippen molar-refractivity contribution < 1.29 is 4.42 Å². The van der Waals surface area contributed by atoms with Gasteiger partial charge in [-0.15, -0.1) is 0 Å². The van der Waals surface area contributed by atoms with Crippen molar-refractivity contribution in [3.8, 4) is 33.4 Å². The molecule has 8 aromatic rings. The lowest BCUT2D eigenvalue weighted by atomic mass is 9.80. The lowest BCUT2D eigenvalue weighted by molar-refractivity contribution is 0.594. The maximum Gasteiger partial charge on any atom is 0.135 e. The lowest BCUT2D eigenvalue weighted by Gasteiger charge is -2.33. The van der Waals surface area contributed by atoms with E-state index in [4.69, 9.17) is 4.42 Å². The molecule has 0 N–H and O–H groups in total. The van der Waals surface area contributed by atoms with Crippen LogP contribution in [0, 0.1) is 0 Å². The van der Waals surface area contributed by atoms with E-state index in [0.717, 1.165) is 22.5 Å². The molecule has 0 radical (unpaired) electrons. The van der Waals surface area contributed by atoms with E-state index in [9.17, 15) is 0 Å². The Bertz CT molecular complexity index is 2790. The van der Waals surface area contributed by atoms with Crippen LogP contribution in [0.15, 0.2) is 150 Å². The third-order valence-electron chi connectivity index (χ3n) is 12.4. The van der Waals surface area contributed by atoms with E-state index < -0.39 is 0 Å². The summed E-state index contributed by atoms with van der Waals surface area (Å²) < 4.78 is 6.65. The molecular weight excluding hydrogens is 655 g/mol. The van der Waals surface area contributed by atoms with Gasteiger partial charge in [-0.2, -0.15) is 0 Å². The van der Waals surface area contributed by atoms with Gasteiger partial charge >= 0.3 is 0 Å². The van der Waals surface area contributed by atoms with Crippen LogP contribution < -0.4 is 4.90 Å². The summed E-state index contributed by atoms with van der Waals surface area (Å²) >= 11 is 0. The van der Waals surface area contributed by atoms with Crippen molar-refractivity contribution in [1.29, 1.82) is 0 Å². The van der Waals surface area contributed by atoms with Gasteiger partial charge in [0.15, 0.2) is 0 Å². The zero-order valence-corrected chi connectivity index (χ0v) is 32.2. The molecule has 2 aliphatic carbocycles. The van der Waals surface area contributed by atoms with Crippen LogP contribution in [0.2, 0.25) is 0 Å². The van der Waals surface area contributed by atoms with E-state index in [2.05, 4.69) is 199 Å². The van der Waals surface area contributed by atoms with Crippen LogP contribution in [0.25, 0.3) is 55.3 Å². The maximum absolute atomic E-state index is 6.65. The molecular formula is C52H45NO. The van der Waals surface area contributed by atoms with E-state index in [1.165, 1.54) is 77.7 Å². The van der Waals surface area contributed by atoms with Crippen molar-refractivity contribution in [1.82, 2.24) is 0 Å². The van der Waals surface area contributed by atoms with Crippen molar-refractivity contribution in [3.63, 3.8) is 0 Å². The number of benzene rings is 7. The minimum absolute atomic E-state index is 0.0119. The second-order valence-electron chi connectivity index (χ2n) is 17.4. The highest BCUT2D eigenvalue weighted by Crippen LogP contribution is 2.57. The fourth-order valence-electron chi connectivity index (χ4n) is 9.67. The molecule has 0 fully saturated rings. The Morgan fingerprint density at radius 1 is 0.481 bits per heavy atom. The van der Waals surface area contributed by atoms with E-state index in [1.807, 2.05) is 0 Å². The summed E-state index contributed by atoms with van der Waals surface area (Å²) in [5.74, 6) is 0. The number of furan rings is 1. The third kappa shape index (κ3) is 4.65. The Morgan fingerprint density at radius 2 is 1.13 bits per heavy atom. The van der Waals surface area contributed by atoms with Crippen LogP contribution in [0.1, 0.15) is 76.3 Å². The summed E-state index contributed by atoms with van der Waals surface area (Å²) in [7, 11) is 0. The van der Waals surface area contributed by atoms with E-state index in [1.54, 1.807) is 0 Å². The Hall–Kier alpha value is -5.86. The van der Waals surface area contributed by atoms with E-state index >= 15 is 0 Å². The number of fused-ring (bicyclic) bond motifs is 9. The average molecular weight is 700 g/mol. The highest BCUT2D eigenvalue weighted by atomic mass is 16.3. The van der Waals surface area contributed by atoms with E-state index in [-0.39, 0.29) is 16.2 Å². The molecule has 0 aliphatic heterocycles. The smallest absolute Gasteiger partial charge is 0.135 e. The highest BCUT2D eigenvalue weighted by Gasteiger charge is 2.41. The maximum atomic E-state index is 6.65. The molecule has 1 aromatic heterocycles. The largest absolute Gasteiger partial charge is 0.456 e. The Morgan fingerprint density at radius 3 is 1.91 bits per heavy atom. The van der Waals surface area contributed by atoms with Gasteiger partial charge in [-0.1, -0.05) is 146 Å². The normalized spacial score (nSPS) is 14.9. The lowest BCUT2D eigenvalue weighted by Crippen LogP contribution is -2.21. The average Bonchev–Trinajstić information content (AvgIpc) is 3.74. The topological polar surface area (TPSA) is 16.4 Å². The first-order valence-corrected chi connectivity index (χ1v) is 19.3. The van der Waals surface area contributed by atoms with Gasteiger partial charge in [0.1, 0.15) is 11.2 Å². The first-order valence-electron chi connectivity index (χ1n) is 19.3. The van der Waals surface area contributed by atoms with Crippen LogP contribution in [-0.4, -0.2) is 0 Å². The zero-order valence-electron chi connectivity index (χ0n) is 32.2. The highest BCUT2D eigenvalue weighted by molar-refractivity contribution is 6.10. The molecule has 0 spiro atoms.